The Morgan fingerprint density at radius 3 is 2.30 bits per heavy atom. The van der Waals surface area contributed by atoms with Gasteiger partial charge in [0.05, 0.1) is 0 Å². The third kappa shape index (κ3) is 2.12. The van der Waals surface area contributed by atoms with Crippen molar-refractivity contribution in [2.45, 2.75) is 4.90 Å². The largest absolute Gasteiger partial charge is 0.142 e. The highest BCUT2D eigenvalue weighted by Crippen LogP contribution is 2.28. The molecule has 0 saturated heterocycles. The van der Waals surface area contributed by atoms with Crippen molar-refractivity contribution in [3.05, 3.63) is 24.6 Å². The van der Waals surface area contributed by atoms with E-state index in [0.29, 0.717) is 0 Å². The smallest absolute Gasteiger partial charge is 0.0320 e. The van der Waals surface area contributed by atoms with Gasteiger partial charge in [-0.25, -0.2) is 0 Å². The summed E-state index contributed by atoms with van der Waals surface area (Å²) in [5.74, 6) is 0. The molecule has 0 radical (unpaired) electrons. The Balaban J connectivity index is 3.28. The van der Waals surface area contributed by atoms with E-state index in [1.807, 2.05) is 12.1 Å². The van der Waals surface area contributed by atoms with Crippen LogP contribution in [0.25, 0.3) is 0 Å². The second-order valence-corrected chi connectivity index (χ2v) is 5.07. The van der Waals surface area contributed by atoms with E-state index in [9.17, 15) is 0 Å². The van der Waals surface area contributed by atoms with Gasteiger partial charge in [0.25, 0.3) is 0 Å². The van der Waals surface area contributed by atoms with Gasteiger partial charge < -0.3 is 0 Å². The van der Waals surface area contributed by atoms with Gasteiger partial charge in [-0.15, -0.1) is 12.6 Å². The van der Waals surface area contributed by atoms with Gasteiger partial charge in [-0.05, 0) is 66.6 Å². The summed E-state index contributed by atoms with van der Waals surface area (Å²) < 4.78 is 3.30. The number of halogens is 3. The zero-order chi connectivity index (χ0) is 7.72. The predicted molar refractivity (Wildman–Crippen MR) is 61.8 cm³/mol. The van der Waals surface area contributed by atoms with Gasteiger partial charge in [-0.1, -0.05) is 0 Å². The lowest BCUT2D eigenvalue weighted by Crippen LogP contribution is -1.76. The van der Waals surface area contributed by atoms with E-state index in [4.69, 9.17) is 0 Å². The summed E-state index contributed by atoms with van der Waals surface area (Å²) in [5, 5.41) is 0. The summed E-state index contributed by atoms with van der Waals surface area (Å²) in [5.41, 5.74) is 0. The molecule has 0 aliphatic carbocycles. The summed E-state index contributed by atoms with van der Waals surface area (Å²) in [6.07, 6.45) is 0. The van der Waals surface area contributed by atoms with Crippen molar-refractivity contribution < 1.29 is 0 Å². The fourth-order valence-electron chi connectivity index (χ4n) is 0.512. The highest BCUT2D eigenvalue weighted by Gasteiger charge is 2.00. The van der Waals surface area contributed by atoms with Gasteiger partial charge in [-0.3, -0.25) is 0 Å². The van der Waals surface area contributed by atoms with Crippen LogP contribution in [-0.4, -0.2) is 0 Å². The van der Waals surface area contributed by atoms with Crippen LogP contribution < -0.4 is 0 Å². The molecule has 0 N–H and O–H groups in total. The maximum absolute atomic E-state index is 4.23. The van der Waals surface area contributed by atoms with Crippen LogP contribution in [-0.2, 0) is 0 Å². The average molecular weight is 394 g/mol. The van der Waals surface area contributed by atoms with Crippen molar-refractivity contribution >= 4 is 67.1 Å². The van der Waals surface area contributed by atoms with Crippen molar-refractivity contribution in [3.8, 4) is 0 Å². The van der Waals surface area contributed by atoms with Gasteiger partial charge in [-0.2, -0.15) is 0 Å². The third-order valence-corrected chi connectivity index (χ3v) is 4.61. The van der Waals surface area contributed by atoms with Crippen molar-refractivity contribution in [2.75, 3.05) is 0 Å². The first kappa shape index (κ1) is 9.35. The van der Waals surface area contributed by atoms with Crippen LogP contribution >= 0.6 is 67.1 Å². The van der Waals surface area contributed by atoms with Gasteiger partial charge >= 0.3 is 0 Å². The first-order valence-corrected chi connectivity index (χ1v) is 5.56. The Kier molecular flexibility index (Phi) is 3.53. The molecule has 1 aromatic rings. The number of thiol groups is 1. The Labute approximate surface area is 95.6 Å². The van der Waals surface area contributed by atoms with Crippen LogP contribution in [0.2, 0.25) is 0 Å². The summed E-state index contributed by atoms with van der Waals surface area (Å²) in [6.45, 7) is 0. The molecule has 0 heterocycles. The minimum atomic E-state index is 0.951. The maximum atomic E-state index is 4.23. The number of benzene rings is 1. The van der Waals surface area contributed by atoms with Crippen molar-refractivity contribution in [2.24, 2.45) is 0 Å². The maximum Gasteiger partial charge on any atom is 0.0320 e. The minimum absolute atomic E-state index is 0.951. The van der Waals surface area contributed by atoms with E-state index in [1.165, 1.54) is 3.57 Å². The van der Waals surface area contributed by atoms with Gasteiger partial charge in [0.2, 0.25) is 0 Å². The summed E-state index contributed by atoms with van der Waals surface area (Å²) in [6, 6.07) is 3.99. The molecule has 1 aromatic carbocycles. The quantitative estimate of drug-likeness (QED) is 0.383. The predicted octanol–water partition coefficient (Wildman–Crippen LogP) is 4.10. The zero-order valence-corrected chi connectivity index (χ0v) is 11.0. The van der Waals surface area contributed by atoms with E-state index in [1.54, 1.807) is 0 Å². The Morgan fingerprint density at radius 2 is 1.80 bits per heavy atom. The highest BCUT2D eigenvalue weighted by atomic mass is 127. The lowest BCUT2D eigenvalue weighted by molar-refractivity contribution is 1.37. The molecule has 0 aliphatic rings. The first-order chi connectivity index (χ1) is 4.61. The minimum Gasteiger partial charge on any atom is -0.142 e. The number of hydrogen-bond acceptors (Lipinski definition) is 1. The molecule has 0 unspecified atom stereocenters. The highest BCUT2D eigenvalue weighted by molar-refractivity contribution is 14.1. The van der Waals surface area contributed by atoms with Crippen LogP contribution in [0, 0.1) is 3.57 Å². The zero-order valence-electron chi connectivity index (χ0n) is 4.74. The van der Waals surface area contributed by atoms with Gasteiger partial charge in [0.1, 0.15) is 0 Å². The molecule has 0 aliphatic heterocycles. The monoisotopic (exact) mass is 392 g/mol. The van der Waals surface area contributed by atoms with Crippen LogP contribution in [0.15, 0.2) is 26.0 Å². The van der Waals surface area contributed by atoms with Crippen LogP contribution in [0.5, 0.6) is 0 Å². The second kappa shape index (κ2) is 3.78. The molecule has 54 valence electrons. The molecule has 0 saturated carbocycles. The number of rotatable bonds is 0. The van der Waals surface area contributed by atoms with Gasteiger partial charge in [0, 0.05) is 17.4 Å². The standard InChI is InChI=1S/C6H3Br2IS/c7-3-2-6(10)4(8)1-5(3)9/h1-2,10H. The third-order valence-electron chi connectivity index (χ3n) is 0.990. The molecule has 1 rings (SSSR count). The van der Waals surface area contributed by atoms with E-state index in [0.717, 1.165) is 13.8 Å². The molecule has 0 aromatic heterocycles. The van der Waals surface area contributed by atoms with E-state index in [2.05, 4.69) is 67.1 Å². The molecule has 10 heavy (non-hydrogen) atoms. The molecule has 0 atom stereocenters. The Hall–Kier alpha value is 1.26. The SMILES string of the molecule is Sc1cc(Br)c(I)cc1Br. The summed E-state index contributed by atoms with van der Waals surface area (Å²) >= 11 is 13.3. The molecular weight excluding hydrogens is 391 g/mol. The summed E-state index contributed by atoms with van der Waals surface area (Å²) in [7, 11) is 0. The van der Waals surface area contributed by atoms with E-state index < -0.39 is 0 Å². The van der Waals surface area contributed by atoms with Crippen molar-refractivity contribution in [3.63, 3.8) is 0 Å². The first-order valence-electron chi connectivity index (χ1n) is 2.45. The lowest BCUT2D eigenvalue weighted by Gasteiger charge is -1.99. The molecular formula is C6H3Br2IS. The van der Waals surface area contributed by atoms with E-state index >= 15 is 0 Å². The fourth-order valence-corrected chi connectivity index (χ4v) is 2.46. The molecule has 0 fully saturated rings. The normalized spacial score (nSPS) is 10.0. The lowest BCUT2D eigenvalue weighted by atomic mass is 10.4. The molecule has 0 bridgehead atoms. The Morgan fingerprint density at radius 1 is 1.20 bits per heavy atom. The molecule has 0 spiro atoms. The second-order valence-electron chi connectivity index (χ2n) is 1.72. The molecule has 0 nitrogen and oxygen atoms in total. The average Bonchev–Trinajstić information content (AvgIpc) is 1.84. The van der Waals surface area contributed by atoms with Crippen LogP contribution in [0.4, 0.5) is 0 Å². The topological polar surface area (TPSA) is 0 Å². The van der Waals surface area contributed by atoms with Crippen molar-refractivity contribution in [1.29, 1.82) is 0 Å². The molecule has 4 heteroatoms. The number of hydrogen-bond donors (Lipinski definition) is 1. The van der Waals surface area contributed by atoms with Crippen LogP contribution in [0.3, 0.4) is 0 Å². The molecule has 0 amide bonds. The van der Waals surface area contributed by atoms with E-state index in [-0.39, 0.29) is 0 Å². The Bertz CT molecular complexity index is 212. The van der Waals surface area contributed by atoms with Crippen molar-refractivity contribution in [1.82, 2.24) is 0 Å². The van der Waals surface area contributed by atoms with Crippen LogP contribution in [0.1, 0.15) is 0 Å². The fraction of sp³-hybridized carbons (Fsp3) is 0. The van der Waals surface area contributed by atoms with Gasteiger partial charge in [0.15, 0.2) is 0 Å². The summed E-state index contributed by atoms with van der Waals surface area (Å²) in [4.78, 5) is 0.951.